The smallest absolute Gasteiger partial charge is 0.298 e. The molecule has 0 fully saturated rings. The Kier molecular flexibility index (Phi) is 4.31. The van der Waals surface area contributed by atoms with Crippen LogP contribution in [0.5, 0.6) is 0 Å². The van der Waals surface area contributed by atoms with E-state index in [-0.39, 0.29) is 9.92 Å². The predicted molar refractivity (Wildman–Crippen MR) is 55.8 cm³/mol. The molecule has 1 N–H and O–H groups in total. The first kappa shape index (κ1) is 12.7. The van der Waals surface area contributed by atoms with E-state index in [2.05, 4.69) is 4.18 Å². The molecule has 5 nitrogen and oxygen atoms in total. The van der Waals surface area contributed by atoms with E-state index in [4.69, 9.17) is 16.5 Å². The van der Waals surface area contributed by atoms with Crippen LogP contribution in [0.3, 0.4) is 0 Å². The van der Waals surface area contributed by atoms with Gasteiger partial charge >= 0.3 is 0 Å². The molecule has 1 unspecified atom stereocenters. The van der Waals surface area contributed by atoms with Crippen LogP contribution in [0.25, 0.3) is 0 Å². The highest BCUT2D eigenvalue weighted by molar-refractivity contribution is 7.87. The molecule has 0 saturated heterocycles. The summed E-state index contributed by atoms with van der Waals surface area (Å²) in [5, 5.41) is 0.00936. The van der Waals surface area contributed by atoms with Gasteiger partial charge in [-0.1, -0.05) is 23.7 Å². The highest BCUT2D eigenvalue weighted by Gasteiger charge is 2.18. The highest BCUT2D eigenvalue weighted by atomic mass is 35.5. The van der Waals surface area contributed by atoms with Crippen molar-refractivity contribution in [3.63, 3.8) is 0 Å². The van der Waals surface area contributed by atoms with Gasteiger partial charge in [-0.3, -0.25) is 8.75 Å². The lowest BCUT2D eigenvalue weighted by atomic mass is 10.4. The van der Waals surface area contributed by atoms with Crippen molar-refractivity contribution in [3.05, 3.63) is 29.3 Å². The van der Waals surface area contributed by atoms with Crippen molar-refractivity contribution in [1.82, 2.24) is 0 Å². The zero-order valence-electron chi connectivity index (χ0n) is 7.38. The van der Waals surface area contributed by atoms with Crippen LogP contribution < -0.4 is 0 Å². The first-order valence-corrected chi connectivity index (χ1v) is 7.14. The van der Waals surface area contributed by atoms with E-state index in [1.54, 1.807) is 6.07 Å². The highest BCUT2D eigenvalue weighted by Crippen LogP contribution is 2.24. The van der Waals surface area contributed by atoms with Gasteiger partial charge in [-0.25, -0.2) is 0 Å². The van der Waals surface area contributed by atoms with Gasteiger partial charge in [0.1, 0.15) is 11.2 Å². The third kappa shape index (κ3) is 3.59. The topological polar surface area (TPSA) is 80.7 Å². The lowest BCUT2D eigenvalue weighted by molar-refractivity contribution is 0.355. The Hall–Kier alpha value is -0.390. The Balaban J connectivity index is 2.97. The fourth-order valence-corrected chi connectivity index (χ4v) is 2.96. The third-order valence-electron chi connectivity index (χ3n) is 1.44. The molecule has 1 aromatic carbocycles. The molecule has 0 aromatic heterocycles. The van der Waals surface area contributed by atoms with E-state index >= 15 is 0 Å². The summed E-state index contributed by atoms with van der Waals surface area (Å²) >= 11 is 5.63. The van der Waals surface area contributed by atoms with Crippen LogP contribution in [-0.2, 0) is 18.9 Å². The zero-order chi connectivity index (χ0) is 11.5. The largest absolute Gasteiger partial charge is 0.345 e. The molecular formula is C7H8ClO5PS. The van der Waals surface area contributed by atoms with Gasteiger partial charge in [0.25, 0.3) is 10.1 Å². The van der Waals surface area contributed by atoms with E-state index in [1.165, 1.54) is 18.2 Å². The molecule has 0 spiro atoms. The van der Waals surface area contributed by atoms with Crippen LogP contribution >= 0.6 is 19.6 Å². The van der Waals surface area contributed by atoms with Gasteiger partial charge in [0.2, 0.25) is 8.03 Å². The number of hydrogen-bond donors (Lipinski definition) is 1. The number of halogens is 1. The summed E-state index contributed by atoms with van der Waals surface area (Å²) in [5.74, 6) is 0. The first-order valence-electron chi connectivity index (χ1n) is 3.79. The van der Waals surface area contributed by atoms with Gasteiger partial charge in [-0.05, 0) is 12.1 Å². The Bertz CT molecular complexity index is 472. The molecule has 0 saturated carbocycles. The second-order valence-corrected chi connectivity index (χ2v) is 5.61. The molecule has 0 heterocycles. The summed E-state index contributed by atoms with van der Waals surface area (Å²) in [4.78, 5) is 8.24. The monoisotopic (exact) mass is 270 g/mol. The molecule has 0 amide bonds. The number of benzene rings is 1. The van der Waals surface area contributed by atoms with Gasteiger partial charge < -0.3 is 4.89 Å². The van der Waals surface area contributed by atoms with Crippen molar-refractivity contribution in [2.45, 2.75) is 4.90 Å². The average molecular weight is 271 g/mol. The molecule has 0 aliphatic rings. The van der Waals surface area contributed by atoms with Crippen LogP contribution in [0, 0.1) is 0 Å². The molecule has 8 heteroatoms. The maximum absolute atomic E-state index is 11.4. The van der Waals surface area contributed by atoms with E-state index < -0.39 is 24.5 Å². The summed E-state index contributed by atoms with van der Waals surface area (Å²) in [6, 6.07) is 5.69. The zero-order valence-corrected chi connectivity index (χ0v) is 9.96. The van der Waals surface area contributed by atoms with E-state index in [9.17, 15) is 13.0 Å². The fourth-order valence-electron chi connectivity index (χ4n) is 0.839. The summed E-state index contributed by atoms with van der Waals surface area (Å²) in [6.07, 6.45) is -0.738. The molecule has 15 heavy (non-hydrogen) atoms. The summed E-state index contributed by atoms with van der Waals surface area (Å²) in [6.45, 7) is 0. The average Bonchev–Trinajstić information content (AvgIpc) is 2.15. The fraction of sp³-hybridized carbons (Fsp3) is 0.143. The maximum Gasteiger partial charge on any atom is 0.298 e. The third-order valence-corrected chi connectivity index (χ3v) is 3.81. The second kappa shape index (κ2) is 5.09. The van der Waals surface area contributed by atoms with E-state index in [0.717, 1.165) is 0 Å². The number of hydrogen-bond acceptors (Lipinski definition) is 4. The minimum absolute atomic E-state index is 0.00936. The second-order valence-electron chi connectivity index (χ2n) is 2.54. The SMILES string of the molecule is O=[PH](O)COS(=O)(=O)c1ccccc1Cl. The summed E-state index contributed by atoms with van der Waals surface area (Å²) in [5.41, 5.74) is 0. The lowest BCUT2D eigenvalue weighted by Crippen LogP contribution is -2.06. The van der Waals surface area contributed by atoms with Crippen LogP contribution in [0.15, 0.2) is 29.2 Å². The Morgan fingerprint density at radius 2 is 2.00 bits per heavy atom. The molecule has 1 aromatic rings. The number of rotatable bonds is 4. The van der Waals surface area contributed by atoms with Crippen molar-refractivity contribution >= 4 is 29.7 Å². The normalized spacial score (nSPS) is 13.7. The molecular weight excluding hydrogens is 263 g/mol. The quantitative estimate of drug-likeness (QED) is 0.662. The van der Waals surface area contributed by atoms with Gasteiger partial charge in [-0.2, -0.15) is 8.42 Å². The van der Waals surface area contributed by atoms with Crippen LogP contribution in [-0.4, -0.2) is 19.7 Å². The van der Waals surface area contributed by atoms with Gasteiger partial charge in [0.05, 0.1) is 5.02 Å². The van der Waals surface area contributed by atoms with Crippen molar-refractivity contribution < 1.29 is 22.1 Å². The molecule has 84 valence electrons. The minimum atomic E-state index is -4.05. The molecule has 0 bridgehead atoms. The standard InChI is InChI=1S/C7H8ClO5PS/c8-6-3-1-2-4-7(6)15(11,12)13-5-14(9)10/h1-4,14H,5H2,(H,9,10). The van der Waals surface area contributed by atoms with Crippen molar-refractivity contribution in [2.24, 2.45) is 0 Å². The van der Waals surface area contributed by atoms with Crippen molar-refractivity contribution in [3.8, 4) is 0 Å². The van der Waals surface area contributed by atoms with Crippen LogP contribution in [0.1, 0.15) is 0 Å². The maximum atomic E-state index is 11.4. The predicted octanol–water partition coefficient (Wildman–Crippen LogP) is 1.47. The van der Waals surface area contributed by atoms with E-state index in [0.29, 0.717) is 0 Å². The first-order chi connectivity index (χ1) is 6.93. The molecule has 0 aliphatic heterocycles. The Labute approximate surface area is 92.6 Å². The Morgan fingerprint density at radius 3 is 2.53 bits per heavy atom. The Morgan fingerprint density at radius 1 is 1.40 bits per heavy atom. The lowest BCUT2D eigenvalue weighted by Gasteiger charge is -2.04. The van der Waals surface area contributed by atoms with Crippen molar-refractivity contribution in [1.29, 1.82) is 0 Å². The molecule has 1 rings (SSSR count). The molecule has 0 radical (unpaired) electrons. The van der Waals surface area contributed by atoms with Gasteiger partial charge in [-0.15, -0.1) is 0 Å². The van der Waals surface area contributed by atoms with Crippen LogP contribution in [0.2, 0.25) is 5.02 Å². The minimum Gasteiger partial charge on any atom is -0.345 e. The van der Waals surface area contributed by atoms with Gasteiger partial charge in [0.15, 0.2) is 0 Å². The van der Waals surface area contributed by atoms with Gasteiger partial charge in [0, 0.05) is 0 Å². The summed E-state index contributed by atoms with van der Waals surface area (Å²) < 4.78 is 37.5. The van der Waals surface area contributed by atoms with Crippen LogP contribution in [0.4, 0.5) is 0 Å². The van der Waals surface area contributed by atoms with E-state index in [1.807, 2.05) is 0 Å². The molecule has 1 atom stereocenters. The molecule has 0 aliphatic carbocycles. The van der Waals surface area contributed by atoms with Crippen molar-refractivity contribution in [2.75, 3.05) is 6.35 Å². The summed E-state index contributed by atoms with van der Waals surface area (Å²) in [7, 11) is -7.03.